The first-order valence-corrected chi connectivity index (χ1v) is 7.63. The quantitative estimate of drug-likeness (QED) is 0.716. The molecular weight excluding hydrogens is 222 g/mol. The standard InChI is InChI=1S/C16H29NO/c1-14-5-4-6-16(11-14,13-18)12-17-9-7-15(2,3)8-10-17/h13-14H,4-12H2,1-3H3. The molecule has 0 spiro atoms. The summed E-state index contributed by atoms with van der Waals surface area (Å²) in [6, 6.07) is 0. The van der Waals surface area contributed by atoms with Crippen LogP contribution in [0, 0.1) is 16.7 Å². The molecule has 1 saturated heterocycles. The molecule has 1 heterocycles. The van der Waals surface area contributed by atoms with Gasteiger partial charge in [-0.1, -0.05) is 33.6 Å². The maximum atomic E-state index is 11.6. The molecule has 2 aliphatic rings. The maximum Gasteiger partial charge on any atom is 0.127 e. The third-order valence-corrected chi connectivity index (χ3v) is 5.12. The summed E-state index contributed by atoms with van der Waals surface area (Å²) in [5.74, 6) is 0.727. The van der Waals surface area contributed by atoms with Gasteiger partial charge in [-0.2, -0.15) is 0 Å². The topological polar surface area (TPSA) is 20.3 Å². The Hall–Kier alpha value is -0.370. The van der Waals surface area contributed by atoms with Crippen molar-refractivity contribution in [3.63, 3.8) is 0 Å². The van der Waals surface area contributed by atoms with Crippen LogP contribution in [-0.2, 0) is 4.79 Å². The molecule has 2 heteroatoms. The summed E-state index contributed by atoms with van der Waals surface area (Å²) < 4.78 is 0. The van der Waals surface area contributed by atoms with Crippen LogP contribution in [0.25, 0.3) is 0 Å². The molecule has 2 rings (SSSR count). The Balaban J connectivity index is 1.92. The summed E-state index contributed by atoms with van der Waals surface area (Å²) in [6.45, 7) is 10.4. The molecule has 0 N–H and O–H groups in total. The van der Waals surface area contributed by atoms with Crippen molar-refractivity contribution in [3.05, 3.63) is 0 Å². The number of carbonyl (C=O) groups excluding carboxylic acids is 1. The van der Waals surface area contributed by atoms with Crippen molar-refractivity contribution in [2.75, 3.05) is 19.6 Å². The molecule has 0 aromatic carbocycles. The van der Waals surface area contributed by atoms with Crippen LogP contribution in [0.15, 0.2) is 0 Å². The smallest absolute Gasteiger partial charge is 0.127 e. The van der Waals surface area contributed by atoms with E-state index in [4.69, 9.17) is 0 Å². The zero-order valence-corrected chi connectivity index (χ0v) is 12.4. The molecule has 0 radical (unpaired) electrons. The SMILES string of the molecule is CC1CCCC(C=O)(CN2CCC(C)(C)CC2)C1. The zero-order valence-electron chi connectivity index (χ0n) is 12.4. The molecule has 0 bridgehead atoms. The van der Waals surface area contributed by atoms with Crippen LogP contribution in [-0.4, -0.2) is 30.8 Å². The Labute approximate surface area is 112 Å². The molecule has 18 heavy (non-hydrogen) atoms. The van der Waals surface area contributed by atoms with Crippen LogP contribution in [0.3, 0.4) is 0 Å². The number of likely N-dealkylation sites (tertiary alicyclic amines) is 1. The minimum Gasteiger partial charge on any atom is -0.303 e. The molecule has 1 saturated carbocycles. The summed E-state index contributed by atoms with van der Waals surface area (Å²) in [6.07, 6.45) is 8.59. The Bertz CT molecular complexity index is 289. The lowest BCUT2D eigenvalue weighted by Gasteiger charge is -2.43. The number of rotatable bonds is 3. The second kappa shape index (κ2) is 5.32. The van der Waals surface area contributed by atoms with Crippen LogP contribution in [0.2, 0.25) is 0 Å². The number of piperidine rings is 1. The minimum absolute atomic E-state index is 0.0286. The van der Waals surface area contributed by atoms with Gasteiger partial charge < -0.3 is 9.69 Å². The van der Waals surface area contributed by atoms with E-state index < -0.39 is 0 Å². The van der Waals surface area contributed by atoms with Gasteiger partial charge in [0.2, 0.25) is 0 Å². The Morgan fingerprint density at radius 2 is 1.89 bits per heavy atom. The Kier molecular flexibility index (Phi) is 4.15. The predicted molar refractivity (Wildman–Crippen MR) is 75.6 cm³/mol. The van der Waals surface area contributed by atoms with Crippen LogP contribution in [0.4, 0.5) is 0 Å². The van der Waals surface area contributed by atoms with E-state index in [2.05, 4.69) is 25.7 Å². The second-order valence-electron chi connectivity index (χ2n) is 7.62. The van der Waals surface area contributed by atoms with E-state index in [1.807, 2.05) is 0 Å². The van der Waals surface area contributed by atoms with E-state index in [0.717, 1.165) is 25.3 Å². The van der Waals surface area contributed by atoms with Gasteiger partial charge in [0.05, 0.1) is 0 Å². The minimum atomic E-state index is -0.0286. The second-order valence-corrected chi connectivity index (χ2v) is 7.62. The highest BCUT2D eigenvalue weighted by molar-refractivity contribution is 5.60. The predicted octanol–water partition coefficient (Wildman–Crippen LogP) is 3.50. The fourth-order valence-electron chi connectivity index (χ4n) is 3.75. The van der Waals surface area contributed by atoms with Crippen molar-refractivity contribution >= 4 is 6.29 Å². The van der Waals surface area contributed by atoms with Crippen molar-refractivity contribution in [1.82, 2.24) is 4.90 Å². The molecule has 2 nitrogen and oxygen atoms in total. The van der Waals surface area contributed by atoms with E-state index in [1.54, 1.807) is 0 Å². The molecular formula is C16H29NO. The summed E-state index contributed by atoms with van der Waals surface area (Å²) in [5.41, 5.74) is 0.476. The highest BCUT2D eigenvalue weighted by Crippen LogP contribution is 2.39. The number of hydrogen-bond donors (Lipinski definition) is 0. The number of carbonyl (C=O) groups is 1. The fourth-order valence-corrected chi connectivity index (χ4v) is 3.75. The monoisotopic (exact) mass is 251 g/mol. The van der Waals surface area contributed by atoms with Gasteiger partial charge >= 0.3 is 0 Å². The normalized spacial score (nSPS) is 37.4. The average molecular weight is 251 g/mol. The van der Waals surface area contributed by atoms with E-state index in [-0.39, 0.29) is 5.41 Å². The van der Waals surface area contributed by atoms with E-state index in [1.165, 1.54) is 45.1 Å². The van der Waals surface area contributed by atoms with Crippen LogP contribution in [0.1, 0.15) is 59.3 Å². The van der Waals surface area contributed by atoms with Gasteiger partial charge in [-0.05, 0) is 50.1 Å². The molecule has 1 aliphatic heterocycles. The molecule has 2 atom stereocenters. The lowest BCUT2D eigenvalue weighted by atomic mass is 9.70. The fraction of sp³-hybridized carbons (Fsp3) is 0.938. The molecule has 2 fully saturated rings. The van der Waals surface area contributed by atoms with Crippen molar-refractivity contribution < 1.29 is 4.79 Å². The van der Waals surface area contributed by atoms with Gasteiger partial charge in [-0.25, -0.2) is 0 Å². The van der Waals surface area contributed by atoms with Gasteiger partial charge in [0.25, 0.3) is 0 Å². The van der Waals surface area contributed by atoms with Gasteiger partial charge in [-0.3, -0.25) is 0 Å². The molecule has 2 unspecified atom stereocenters. The van der Waals surface area contributed by atoms with E-state index >= 15 is 0 Å². The molecule has 104 valence electrons. The van der Waals surface area contributed by atoms with Crippen molar-refractivity contribution in [2.45, 2.75) is 59.3 Å². The number of hydrogen-bond acceptors (Lipinski definition) is 2. The summed E-state index contributed by atoms with van der Waals surface area (Å²) in [5, 5.41) is 0. The third-order valence-electron chi connectivity index (χ3n) is 5.12. The first-order valence-electron chi connectivity index (χ1n) is 7.63. The summed E-state index contributed by atoms with van der Waals surface area (Å²) in [7, 11) is 0. The highest BCUT2D eigenvalue weighted by Gasteiger charge is 2.37. The van der Waals surface area contributed by atoms with Crippen LogP contribution < -0.4 is 0 Å². The lowest BCUT2D eigenvalue weighted by molar-refractivity contribution is -0.120. The Morgan fingerprint density at radius 3 is 2.44 bits per heavy atom. The van der Waals surface area contributed by atoms with Gasteiger partial charge in [-0.15, -0.1) is 0 Å². The van der Waals surface area contributed by atoms with Gasteiger partial charge in [0.15, 0.2) is 0 Å². The third kappa shape index (κ3) is 3.34. The molecule has 0 aromatic rings. The number of aldehydes is 1. The molecule has 0 amide bonds. The summed E-state index contributed by atoms with van der Waals surface area (Å²) >= 11 is 0. The van der Waals surface area contributed by atoms with Gasteiger partial charge in [0, 0.05) is 12.0 Å². The first-order chi connectivity index (χ1) is 8.45. The van der Waals surface area contributed by atoms with Crippen molar-refractivity contribution in [3.8, 4) is 0 Å². The highest BCUT2D eigenvalue weighted by atomic mass is 16.1. The largest absolute Gasteiger partial charge is 0.303 e. The number of nitrogens with zero attached hydrogens (tertiary/aromatic N) is 1. The average Bonchev–Trinajstić information content (AvgIpc) is 2.32. The van der Waals surface area contributed by atoms with E-state index in [0.29, 0.717) is 5.41 Å². The van der Waals surface area contributed by atoms with Gasteiger partial charge in [0.1, 0.15) is 6.29 Å². The van der Waals surface area contributed by atoms with E-state index in [9.17, 15) is 4.79 Å². The molecule has 1 aliphatic carbocycles. The van der Waals surface area contributed by atoms with Crippen molar-refractivity contribution in [1.29, 1.82) is 0 Å². The van der Waals surface area contributed by atoms with Crippen LogP contribution in [0.5, 0.6) is 0 Å². The Morgan fingerprint density at radius 1 is 1.22 bits per heavy atom. The molecule has 0 aromatic heterocycles. The lowest BCUT2D eigenvalue weighted by Crippen LogP contribution is -2.46. The zero-order chi connectivity index (χ0) is 13.2. The van der Waals surface area contributed by atoms with Crippen LogP contribution >= 0.6 is 0 Å². The maximum absolute atomic E-state index is 11.6. The van der Waals surface area contributed by atoms with Crippen molar-refractivity contribution in [2.24, 2.45) is 16.7 Å². The summed E-state index contributed by atoms with van der Waals surface area (Å²) in [4.78, 5) is 14.1. The first kappa shape index (κ1) is 14.0.